The average Bonchev–Trinajstić information content (AvgIpc) is 3.00. The van der Waals surface area contributed by atoms with Crippen LogP contribution in [0, 0.1) is 5.92 Å². The number of hydrogen-bond donors (Lipinski definition) is 2. The third-order valence-corrected chi connectivity index (χ3v) is 3.64. The van der Waals surface area contributed by atoms with E-state index in [2.05, 4.69) is 45.0 Å². The molecule has 102 valence electrons. The summed E-state index contributed by atoms with van der Waals surface area (Å²) >= 11 is 0. The highest BCUT2D eigenvalue weighted by Crippen LogP contribution is 2.23. The Bertz CT molecular complexity index is 228. The van der Waals surface area contributed by atoms with Crippen molar-refractivity contribution in [1.29, 1.82) is 0 Å². The summed E-state index contributed by atoms with van der Waals surface area (Å²) in [4.78, 5) is 2.37. The lowest BCUT2D eigenvalue weighted by atomic mass is 9.99. The van der Waals surface area contributed by atoms with Crippen molar-refractivity contribution in [2.45, 2.75) is 64.6 Å². The first kappa shape index (κ1) is 14.9. The first-order chi connectivity index (χ1) is 7.86. The zero-order chi connectivity index (χ0) is 13.1. The number of nitrogens with one attached hydrogen (secondary N) is 1. The summed E-state index contributed by atoms with van der Waals surface area (Å²) in [5.41, 5.74) is -0.152. The van der Waals surface area contributed by atoms with E-state index in [9.17, 15) is 5.11 Å². The van der Waals surface area contributed by atoms with Gasteiger partial charge in [-0.1, -0.05) is 13.8 Å². The van der Waals surface area contributed by atoms with Crippen LogP contribution in [0.3, 0.4) is 0 Å². The molecule has 0 aromatic rings. The molecule has 2 unspecified atom stereocenters. The third kappa shape index (κ3) is 5.36. The van der Waals surface area contributed by atoms with Crippen molar-refractivity contribution >= 4 is 0 Å². The van der Waals surface area contributed by atoms with Crippen LogP contribution in [0.5, 0.6) is 0 Å². The number of likely N-dealkylation sites (N-methyl/N-ethyl adjacent to an activating group) is 1. The summed E-state index contributed by atoms with van der Waals surface area (Å²) in [5.74, 6) is 0.726. The van der Waals surface area contributed by atoms with E-state index in [4.69, 9.17) is 0 Å². The number of rotatable bonds is 8. The summed E-state index contributed by atoms with van der Waals surface area (Å²) in [6, 6.07) is 1.21. The van der Waals surface area contributed by atoms with Gasteiger partial charge in [0, 0.05) is 18.6 Å². The van der Waals surface area contributed by atoms with E-state index in [1.807, 2.05) is 0 Å². The van der Waals surface area contributed by atoms with Crippen LogP contribution in [-0.4, -0.2) is 47.8 Å². The molecule has 0 radical (unpaired) electrons. The number of aliphatic hydroxyl groups is 1. The minimum atomic E-state index is -0.152. The molecule has 0 heterocycles. The normalized spacial score (nSPS) is 21.9. The molecule has 0 spiro atoms. The van der Waals surface area contributed by atoms with Crippen molar-refractivity contribution in [3.05, 3.63) is 0 Å². The Morgan fingerprint density at radius 3 is 2.35 bits per heavy atom. The third-order valence-electron chi connectivity index (χ3n) is 3.64. The second-order valence-corrected chi connectivity index (χ2v) is 6.53. The van der Waals surface area contributed by atoms with Gasteiger partial charge in [0.2, 0.25) is 0 Å². The van der Waals surface area contributed by atoms with Crippen LogP contribution < -0.4 is 5.32 Å². The Balaban J connectivity index is 2.42. The maximum atomic E-state index is 9.59. The van der Waals surface area contributed by atoms with Crippen molar-refractivity contribution in [2.75, 3.05) is 20.2 Å². The molecule has 1 saturated carbocycles. The van der Waals surface area contributed by atoms with Crippen LogP contribution in [0.2, 0.25) is 0 Å². The highest BCUT2D eigenvalue weighted by Gasteiger charge is 2.33. The van der Waals surface area contributed by atoms with Gasteiger partial charge in [0.1, 0.15) is 0 Å². The summed E-state index contributed by atoms with van der Waals surface area (Å²) in [6.07, 6.45) is 3.74. The molecule has 1 fully saturated rings. The fraction of sp³-hybridized carbons (Fsp3) is 1.00. The first-order valence-corrected chi connectivity index (χ1v) is 6.95. The molecule has 0 aromatic carbocycles. The second-order valence-electron chi connectivity index (χ2n) is 6.53. The summed E-state index contributed by atoms with van der Waals surface area (Å²) in [5, 5.41) is 13.1. The van der Waals surface area contributed by atoms with Gasteiger partial charge >= 0.3 is 0 Å². The van der Waals surface area contributed by atoms with E-state index in [0.29, 0.717) is 12.1 Å². The molecule has 0 bridgehead atoms. The monoisotopic (exact) mass is 242 g/mol. The highest BCUT2D eigenvalue weighted by molar-refractivity contribution is 4.94. The number of nitrogens with zero attached hydrogens (tertiary/aromatic N) is 1. The molecular formula is C14H30N2O. The van der Waals surface area contributed by atoms with Crippen LogP contribution in [0.1, 0.15) is 47.0 Å². The van der Waals surface area contributed by atoms with E-state index in [-0.39, 0.29) is 12.1 Å². The predicted molar refractivity (Wildman–Crippen MR) is 73.2 cm³/mol. The molecule has 2 N–H and O–H groups in total. The van der Waals surface area contributed by atoms with Crippen molar-refractivity contribution in [1.82, 2.24) is 10.2 Å². The molecule has 1 aliphatic carbocycles. The molecule has 0 saturated heterocycles. The van der Waals surface area contributed by atoms with Crippen LogP contribution in [0.15, 0.2) is 0 Å². The Hall–Kier alpha value is -0.120. The fourth-order valence-electron chi connectivity index (χ4n) is 2.43. The first-order valence-electron chi connectivity index (χ1n) is 6.95. The smallest absolute Gasteiger partial charge is 0.0623 e. The Morgan fingerprint density at radius 2 is 1.94 bits per heavy atom. The molecule has 1 rings (SSSR count). The quantitative estimate of drug-likeness (QED) is 0.682. The molecule has 3 nitrogen and oxygen atoms in total. The Labute approximate surface area is 107 Å². The van der Waals surface area contributed by atoms with E-state index in [1.165, 1.54) is 19.3 Å². The van der Waals surface area contributed by atoms with Crippen molar-refractivity contribution in [3.63, 3.8) is 0 Å². The van der Waals surface area contributed by atoms with E-state index in [0.717, 1.165) is 12.5 Å². The Kier molecular flexibility index (Phi) is 5.42. The van der Waals surface area contributed by atoms with Gasteiger partial charge in [0.25, 0.3) is 0 Å². The lowest BCUT2D eigenvalue weighted by Gasteiger charge is -2.36. The minimum absolute atomic E-state index is 0.152. The standard InChI is InChI=1S/C14H30N2O/c1-11(2)8-12(3)16(5)9-14(4,10-17)15-13-6-7-13/h11-13,15,17H,6-10H2,1-5H3. The van der Waals surface area contributed by atoms with E-state index >= 15 is 0 Å². The fourth-order valence-corrected chi connectivity index (χ4v) is 2.43. The van der Waals surface area contributed by atoms with Gasteiger partial charge in [0.05, 0.1) is 12.1 Å². The highest BCUT2D eigenvalue weighted by atomic mass is 16.3. The lowest BCUT2D eigenvalue weighted by Crippen LogP contribution is -2.55. The topological polar surface area (TPSA) is 35.5 Å². The molecule has 2 atom stereocenters. The van der Waals surface area contributed by atoms with Gasteiger partial charge < -0.3 is 15.3 Å². The average molecular weight is 242 g/mol. The van der Waals surface area contributed by atoms with E-state index < -0.39 is 0 Å². The molecule has 3 heteroatoms. The molecule has 17 heavy (non-hydrogen) atoms. The maximum absolute atomic E-state index is 9.59. The predicted octanol–water partition coefficient (Wildman–Crippen LogP) is 1.86. The number of aliphatic hydroxyl groups excluding tert-OH is 1. The molecule has 1 aliphatic rings. The zero-order valence-electron chi connectivity index (χ0n) is 12.2. The van der Waals surface area contributed by atoms with Gasteiger partial charge in [-0.3, -0.25) is 0 Å². The van der Waals surface area contributed by atoms with Gasteiger partial charge in [0.15, 0.2) is 0 Å². The van der Waals surface area contributed by atoms with Crippen LogP contribution in [0.25, 0.3) is 0 Å². The van der Waals surface area contributed by atoms with Gasteiger partial charge in [-0.05, 0) is 46.1 Å². The minimum Gasteiger partial charge on any atom is -0.394 e. The summed E-state index contributed by atoms with van der Waals surface area (Å²) < 4.78 is 0. The van der Waals surface area contributed by atoms with Crippen LogP contribution in [0.4, 0.5) is 0 Å². The summed E-state index contributed by atoms with van der Waals surface area (Å²) in [6.45, 7) is 10.0. The molecule has 0 aromatic heterocycles. The van der Waals surface area contributed by atoms with Crippen molar-refractivity contribution in [2.24, 2.45) is 5.92 Å². The van der Waals surface area contributed by atoms with Crippen LogP contribution in [-0.2, 0) is 0 Å². The maximum Gasteiger partial charge on any atom is 0.0623 e. The largest absolute Gasteiger partial charge is 0.394 e. The molecule has 0 amide bonds. The van der Waals surface area contributed by atoms with Crippen LogP contribution >= 0.6 is 0 Å². The lowest BCUT2D eigenvalue weighted by molar-refractivity contribution is 0.108. The van der Waals surface area contributed by atoms with Gasteiger partial charge in [-0.25, -0.2) is 0 Å². The summed E-state index contributed by atoms with van der Waals surface area (Å²) in [7, 11) is 2.16. The van der Waals surface area contributed by atoms with E-state index in [1.54, 1.807) is 0 Å². The SMILES string of the molecule is CC(C)CC(C)N(C)CC(C)(CO)NC1CC1. The molecular weight excluding hydrogens is 212 g/mol. The second kappa shape index (κ2) is 6.17. The zero-order valence-corrected chi connectivity index (χ0v) is 12.2. The van der Waals surface area contributed by atoms with Gasteiger partial charge in [-0.2, -0.15) is 0 Å². The van der Waals surface area contributed by atoms with Gasteiger partial charge in [-0.15, -0.1) is 0 Å². The molecule has 0 aliphatic heterocycles. The number of hydrogen-bond acceptors (Lipinski definition) is 3. The Morgan fingerprint density at radius 1 is 1.35 bits per heavy atom. The van der Waals surface area contributed by atoms with Crippen molar-refractivity contribution in [3.8, 4) is 0 Å². The van der Waals surface area contributed by atoms with Crippen molar-refractivity contribution < 1.29 is 5.11 Å².